The lowest BCUT2D eigenvalue weighted by atomic mass is 9.89. The summed E-state index contributed by atoms with van der Waals surface area (Å²) in [5, 5.41) is 7.03. The summed E-state index contributed by atoms with van der Waals surface area (Å²) in [7, 11) is 0. The number of ether oxygens (including phenoxy) is 3. The maximum Gasteiger partial charge on any atom is 0.150 e. The molecule has 7 rings (SSSR count). The van der Waals surface area contributed by atoms with Gasteiger partial charge in [-0.05, 0) is 82.2 Å². The molecule has 0 bridgehead atoms. The van der Waals surface area contributed by atoms with E-state index in [4.69, 9.17) is 47.5 Å². The van der Waals surface area contributed by atoms with Crippen molar-refractivity contribution >= 4 is 39.9 Å². The van der Waals surface area contributed by atoms with Gasteiger partial charge in [0.15, 0.2) is 6.23 Å². The number of pyridine rings is 2. The summed E-state index contributed by atoms with van der Waals surface area (Å²) in [4.78, 5) is 11.3. The lowest BCUT2D eigenvalue weighted by Crippen LogP contribution is -2.44. The van der Waals surface area contributed by atoms with Crippen molar-refractivity contribution < 1.29 is 14.2 Å². The molecule has 0 aliphatic carbocycles. The zero-order valence-electron chi connectivity index (χ0n) is 23.8. The maximum atomic E-state index is 6.41. The molecule has 2 unspecified atom stereocenters. The van der Waals surface area contributed by atoms with E-state index in [-0.39, 0.29) is 17.9 Å². The van der Waals surface area contributed by atoms with Crippen molar-refractivity contribution in [2.24, 2.45) is 0 Å². The van der Waals surface area contributed by atoms with Crippen LogP contribution in [0, 0.1) is 0 Å². The normalized spacial score (nSPS) is 21.2. The number of piperidine rings is 1. The smallest absolute Gasteiger partial charge is 0.150 e. The topological polar surface area (TPSA) is 74.5 Å². The van der Waals surface area contributed by atoms with Crippen molar-refractivity contribution in [1.29, 1.82) is 0 Å². The minimum Gasteiger partial charge on any atom is -0.486 e. The Morgan fingerprint density at radius 1 is 0.976 bits per heavy atom. The predicted octanol–water partition coefficient (Wildman–Crippen LogP) is 7.79. The minimum absolute atomic E-state index is 0.0920. The van der Waals surface area contributed by atoms with Crippen LogP contribution in [0.5, 0.6) is 5.75 Å². The van der Waals surface area contributed by atoms with Crippen LogP contribution in [0.1, 0.15) is 69.8 Å². The van der Waals surface area contributed by atoms with Crippen LogP contribution in [-0.4, -0.2) is 51.7 Å². The zero-order chi connectivity index (χ0) is 28.7. The third kappa shape index (κ3) is 5.34. The molecule has 2 atom stereocenters. The second-order valence-corrected chi connectivity index (χ2v) is 12.4. The van der Waals surface area contributed by atoms with Gasteiger partial charge in [0, 0.05) is 61.4 Å². The summed E-state index contributed by atoms with van der Waals surface area (Å²) in [5.74, 6) is 1.69. The van der Waals surface area contributed by atoms with Crippen molar-refractivity contribution in [3.63, 3.8) is 0 Å². The van der Waals surface area contributed by atoms with Crippen LogP contribution < -0.4 is 9.64 Å². The molecule has 3 saturated heterocycles. The fraction of sp³-hybridized carbons (Fsp3) is 0.469. The third-order valence-electron chi connectivity index (χ3n) is 8.92. The van der Waals surface area contributed by atoms with Crippen LogP contribution in [0.2, 0.25) is 10.0 Å². The fourth-order valence-corrected chi connectivity index (χ4v) is 7.29. The van der Waals surface area contributed by atoms with Gasteiger partial charge in [0.1, 0.15) is 23.4 Å². The van der Waals surface area contributed by atoms with Crippen molar-refractivity contribution in [2.75, 3.05) is 31.2 Å². The Hall–Kier alpha value is -2.91. The number of halogens is 2. The number of benzene rings is 1. The average Bonchev–Trinajstić information content (AvgIpc) is 3.63. The molecule has 8 nitrogen and oxygen atoms in total. The number of hydrogen-bond donors (Lipinski definition) is 0. The first-order valence-corrected chi connectivity index (χ1v) is 15.7. The van der Waals surface area contributed by atoms with Crippen molar-refractivity contribution in [1.82, 2.24) is 19.7 Å². The van der Waals surface area contributed by atoms with E-state index in [0.717, 1.165) is 86.4 Å². The van der Waals surface area contributed by atoms with Crippen LogP contribution >= 0.6 is 23.2 Å². The molecule has 1 aromatic carbocycles. The summed E-state index contributed by atoms with van der Waals surface area (Å²) in [6, 6.07) is 10.3. The maximum absolute atomic E-state index is 6.41. The first-order chi connectivity index (χ1) is 20.5. The van der Waals surface area contributed by atoms with Crippen LogP contribution in [0.4, 0.5) is 5.82 Å². The Morgan fingerprint density at radius 3 is 2.50 bits per heavy atom. The highest BCUT2D eigenvalue weighted by atomic mass is 35.5. The zero-order valence-corrected chi connectivity index (χ0v) is 25.3. The molecule has 0 N–H and O–H groups in total. The quantitative estimate of drug-likeness (QED) is 0.221. The van der Waals surface area contributed by atoms with Gasteiger partial charge in [-0.2, -0.15) is 5.10 Å². The lowest BCUT2D eigenvalue weighted by molar-refractivity contribution is -0.0365. The number of fused-ring (bicyclic) bond motifs is 1. The molecule has 0 saturated carbocycles. The molecular weight excluding hydrogens is 573 g/mol. The fourth-order valence-electron chi connectivity index (χ4n) is 6.62. The molecule has 3 aromatic heterocycles. The van der Waals surface area contributed by atoms with Gasteiger partial charge in [-0.3, -0.25) is 4.98 Å². The Balaban J connectivity index is 1.19. The average molecular weight is 609 g/mol. The van der Waals surface area contributed by atoms with Gasteiger partial charge in [-0.15, -0.1) is 0 Å². The van der Waals surface area contributed by atoms with Crippen molar-refractivity contribution in [2.45, 2.75) is 69.8 Å². The van der Waals surface area contributed by atoms with Gasteiger partial charge in [0.25, 0.3) is 0 Å². The van der Waals surface area contributed by atoms with Gasteiger partial charge in [-0.25, -0.2) is 9.67 Å². The van der Waals surface area contributed by atoms with Crippen molar-refractivity contribution in [3.05, 3.63) is 64.5 Å². The Labute approximate surface area is 255 Å². The Kier molecular flexibility index (Phi) is 7.73. The van der Waals surface area contributed by atoms with E-state index in [2.05, 4.69) is 28.1 Å². The van der Waals surface area contributed by atoms with E-state index >= 15 is 0 Å². The second kappa shape index (κ2) is 11.6. The van der Waals surface area contributed by atoms with Gasteiger partial charge in [-0.1, -0.05) is 23.2 Å². The summed E-state index contributed by atoms with van der Waals surface area (Å²) in [6.45, 7) is 5.50. The molecule has 10 heteroatoms. The second-order valence-electron chi connectivity index (χ2n) is 11.6. The number of rotatable bonds is 6. The number of hydrogen-bond acceptors (Lipinski definition) is 7. The SMILES string of the molecule is CC(Oc1ccc2c(c1)c(-c1ccc(N3CCC4(CCCO4)CC3)nc1)nn2C1CCCCO1)c1c(Cl)cncc1Cl. The molecule has 220 valence electrons. The van der Waals surface area contributed by atoms with E-state index in [1.165, 1.54) is 12.8 Å². The van der Waals surface area contributed by atoms with Gasteiger partial charge in [0.05, 0.1) is 21.2 Å². The predicted molar refractivity (Wildman–Crippen MR) is 164 cm³/mol. The van der Waals surface area contributed by atoms with Gasteiger partial charge >= 0.3 is 0 Å². The summed E-state index contributed by atoms with van der Waals surface area (Å²) >= 11 is 12.8. The Bertz CT molecular complexity index is 1530. The molecule has 1 spiro atoms. The lowest BCUT2D eigenvalue weighted by Gasteiger charge is -2.39. The molecule has 0 amide bonds. The van der Waals surface area contributed by atoms with Crippen LogP contribution in [0.15, 0.2) is 48.9 Å². The number of aromatic nitrogens is 4. The first kappa shape index (κ1) is 27.9. The first-order valence-electron chi connectivity index (χ1n) is 14.9. The van der Waals surface area contributed by atoms with Gasteiger partial charge < -0.3 is 19.1 Å². The van der Waals surface area contributed by atoms with E-state index in [1.807, 2.05) is 29.9 Å². The highest BCUT2D eigenvalue weighted by Gasteiger charge is 2.38. The molecule has 6 heterocycles. The van der Waals surface area contributed by atoms with Crippen LogP contribution in [0.3, 0.4) is 0 Å². The molecule has 0 radical (unpaired) electrons. The summed E-state index contributed by atoms with van der Waals surface area (Å²) in [5.41, 5.74) is 3.61. The number of nitrogens with zero attached hydrogens (tertiary/aromatic N) is 5. The largest absolute Gasteiger partial charge is 0.486 e. The molecule has 4 aromatic rings. The highest BCUT2D eigenvalue weighted by molar-refractivity contribution is 6.35. The summed E-state index contributed by atoms with van der Waals surface area (Å²) in [6.07, 6.45) is 12.2. The van der Waals surface area contributed by atoms with Crippen LogP contribution in [0.25, 0.3) is 22.2 Å². The number of anilines is 1. The standard InChI is InChI=1S/C32H35Cl2N5O3/c1-21(30-25(33)19-35-20-26(30)34)42-23-7-8-27-24(17-23)31(37-39(27)29-5-2-3-15-40-29)22-6-9-28(36-18-22)38-13-11-32(12-14-38)10-4-16-41-32/h6-9,17-21,29H,2-5,10-16H2,1H3. The minimum atomic E-state index is -0.370. The molecule has 3 fully saturated rings. The molecule has 3 aliphatic rings. The molecule has 42 heavy (non-hydrogen) atoms. The van der Waals surface area contributed by atoms with Gasteiger partial charge in [0.2, 0.25) is 0 Å². The van der Waals surface area contributed by atoms with Crippen molar-refractivity contribution in [3.8, 4) is 17.0 Å². The monoisotopic (exact) mass is 607 g/mol. The van der Waals surface area contributed by atoms with Crippen LogP contribution in [-0.2, 0) is 9.47 Å². The van der Waals surface area contributed by atoms with E-state index < -0.39 is 0 Å². The summed E-state index contributed by atoms with van der Waals surface area (Å²) < 4.78 is 20.6. The highest BCUT2D eigenvalue weighted by Crippen LogP contribution is 2.39. The Morgan fingerprint density at radius 2 is 1.81 bits per heavy atom. The van der Waals surface area contributed by atoms with E-state index in [0.29, 0.717) is 21.4 Å². The van der Waals surface area contributed by atoms with E-state index in [1.54, 1.807) is 12.4 Å². The molecule has 3 aliphatic heterocycles. The van der Waals surface area contributed by atoms with E-state index in [9.17, 15) is 0 Å². The third-order valence-corrected chi connectivity index (χ3v) is 9.52. The molecular formula is C32H35Cl2N5O3.